The van der Waals surface area contributed by atoms with Crippen LogP contribution in [0.4, 0.5) is 5.69 Å². The number of cyclic esters (lactones) is 1. The van der Waals surface area contributed by atoms with Gasteiger partial charge in [0.2, 0.25) is 5.91 Å². The van der Waals surface area contributed by atoms with Crippen LogP contribution in [0.5, 0.6) is 0 Å². The Kier molecular flexibility index (Phi) is 6.66. The molecule has 0 N–H and O–H groups in total. The van der Waals surface area contributed by atoms with Gasteiger partial charge in [0.1, 0.15) is 11.2 Å². The van der Waals surface area contributed by atoms with Crippen molar-refractivity contribution < 1.29 is 23.5 Å². The first kappa shape index (κ1) is 24.7. The van der Waals surface area contributed by atoms with E-state index in [9.17, 15) is 9.59 Å². The maximum atomic E-state index is 13.7. The molecule has 1 unspecified atom stereocenters. The molecule has 6 rings (SSSR count). The molecule has 2 aliphatic rings. The van der Waals surface area contributed by atoms with Crippen LogP contribution in [-0.2, 0) is 27.3 Å². The van der Waals surface area contributed by atoms with E-state index >= 15 is 0 Å². The molecule has 1 atom stereocenters. The van der Waals surface area contributed by atoms with Crippen molar-refractivity contribution >= 4 is 39.5 Å². The number of benzene rings is 3. The molecular weight excluding hydrogens is 478 g/mol. The van der Waals surface area contributed by atoms with Crippen molar-refractivity contribution in [3.8, 4) is 0 Å². The van der Waals surface area contributed by atoms with Gasteiger partial charge in [-0.3, -0.25) is 9.69 Å². The third-order valence-electron chi connectivity index (χ3n) is 8.02. The second-order valence-electron chi connectivity index (χ2n) is 10.8. The number of hydrogen-bond acceptors (Lipinski definition) is 5. The Morgan fingerprint density at radius 1 is 0.921 bits per heavy atom. The highest BCUT2D eigenvalue weighted by Crippen LogP contribution is 2.40. The quantitative estimate of drug-likeness (QED) is 0.205. The normalized spacial score (nSPS) is 21.5. The maximum Gasteiger partial charge on any atom is 0.342 e. The van der Waals surface area contributed by atoms with Crippen LogP contribution in [0.15, 0.2) is 65.1 Å². The molecule has 0 saturated heterocycles. The number of anilines is 1. The van der Waals surface area contributed by atoms with Gasteiger partial charge in [-0.2, -0.15) is 0 Å². The molecule has 196 valence electrons. The minimum absolute atomic E-state index is 0.0396. The molecule has 1 aliphatic carbocycles. The molecule has 2 heterocycles. The van der Waals surface area contributed by atoms with E-state index in [0.29, 0.717) is 36.0 Å². The van der Waals surface area contributed by atoms with Crippen LogP contribution >= 0.6 is 0 Å². The first-order chi connectivity index (χ1) is 18.5. The predicted octanol–water partition coefficient (Wildman–Crippen LogP) is 7.02. The fourth-order valence-electron chi connectivity index (χ4n) is 5.80. The Morgan fingerprint density at radius 2 is 1.68 bits per heavy atom. The van der Waals surface area contributed by atoms with Crippen molar-refractivity contribution in [3.05, 3.63) is 77.4 Å². The summed E-state index contributed by atoms with van der Waals surface area (Å²) >= 11 is 0. The second kappa shape index (κ2) is 10.3. The van der Waals surface area contributed by atoms with E-state index in [4.69, 9.17) is 13.9 Å². The number of carbonyl (C=O) groups excluding carboxylic acids is 2. The number of ether oxygens (including phenoxy) is 2. The highest BCUT2D eigenvalue weighted by atomic mass is 16.6. The molecule has 1 amide bonds. The van der Waals surface area contributed by atoms with E-state index in [1.54, 1.807) is 17.9 Å². The predicted molar refractivity (Wildman–Crippen MR) is 147 cm³/mol. The molecule has 1 aromatic heterocycles. The summed E-state index contributed by atoms with van der Waals surface area (Å²) in [5.74, 6) is 0.215. The summed E-state index contributed by atoms with van der Waals surface area (Å²) in [6.45, 7) is 5.14. The highest BCUT2D eigenvalue weighted by molar-refractivity contribution is 6.13. The van der Waals surface area contributed by atoms with Gasteiger partial charge in [0.05, 0.1) is 24.5 Å². The summed E-state index contributed by atoms with van der Waals surface area (Å²) < 4.78 is 17.7. The lowest BCUT2D eigenvalue weighted by Crippen LogP contribution is -2.48. The van der Waals surface area contributed by atoms with Gasteiger partial charge < -0.3 is 13.9 Å². The van der Waals surface area contributed by atoms with Crippen molar-refractivity contribution in [2.45, 2.75) is 58.8 Å². The summed E-state index contributed by atoms with van der Waals surface area (Å²) in [4.78, 5) is 28.2. The number of nitrogens with zero attached hydrogens (tertiary/aromatic N) is 1. The van der Waals surface area contributed by atoms with Crippen molar-refractivity contribution in [1.29, 1.82) is 0 Å². The molecule has 3 aromatic carbocycles. The number of amides is 1. The fourth-order valence-corrected chi connectivity index (χ4v) is 5.80. The monoisotopic (exact) mass is 511 g/mol. The third-order valence-corrected chi connectivity index (χ3v) is 8.02. The molecule has 1 saturated carbocycles. The van der Waals surface area contributed by atoms with E-state index in [1.807, 2.05) is 36.4 Å². The lowest BCUT2D eigenvalue weighted by atomic mass is 9.82. The fraction of sp³-hybridized carbons (Fsp3) is 0.375. The van der Waals surface area contributed by atoms with Crippen LogP contribution in [0.2, 0.25) is 0 Å². The molecule has 0 radical (unpaired) electrons. The average molecular weight is 512 g/mol. The van der Waals surface area contributed by atoms with Crippen LogP contribution in [-0.4, -0.2) is 24.7 Å². The molecular formula is C32H33NO5. The maximum absolute atomic E-state index is 13.7. The topological polar surface area (TPSA) is 69.0 Å². The Labute approximate surface area is 222 Å². The van der Waals surface area contributed by atoms with Crippen molar-refractivity contribution in [2.75, 3.05) is 11.5 Å². The van der Waals surface area contributed by atoms with Gasteiger partial charge in [-0.1, -0.05) is 43.3 Å². The first-order valence-electron chi connectivity index (χ1n) is 13.6. The third kappa shape index (κ3) is 4.69. The van der Waals surface area contributed by atoms with Crippen LogP contribution < -0.4 is 4.90 Å². The van der Waals surface area contributed by atoms with Gasteiger partial charge in [-0.15, -0.1) is 0 Å². The minimum Gasteiger partial charge on any atom is -0.456 e. The van der Waals surface area contributed by atoms with E-state index in [0.717, 1.165) is 54.0 Å². The molecule has 6 heteroatoms. The molecule has 1 fully saturated rings. The van der Waals surface area contributed by atoms with Crippen LogP contribution in [0, 0.1) is 11.8 Å². The standard InChI is InChI=1S/C32H33NO5/c1-20-8-11-24(12-9-20)31(34)33-21(2)37-32(35)27-18-30-26(17-28(27)33)25-16-23(10-13-29(25)38-30)19-36-15-14-22-6-4-3-5-7-22/h3-7,10,13,16-18,20-21,24H,8-9,11-12,14-15,19H2,1-2H3. The van der Waals surface area contributed by atoms with Crippen molar-refractivity contribution in [1.82, 2.24) is 0 Å². The Balaban J connectivity index is 1.29. The van der Waals surface area contributed by atoms with Crippen LogP contribution in [0.1, 0.15) is 61.0 Å². The first-order valence-corrected chi connectivity index (χ1v) is 13.6. The van der Waals surface area contributed by atoms with Crippen molar-refractivity contribution in [2.24, 2.45) is 11.8 Å². The van der Waals surface area contributed by atoms with Crippen molar-refractivity contribution in [3.63, 3.8) is 0 Å². The zero-order valence-corrected chi connectivity index (χ0v) is 21.9. The van der Waals surface area contributed by atoms with Gasteiger partial charge in [-0.05, 0) is 80.3 Å². The lowest BCUT2D eigenvalue weighted by molar-refractivity contribution is -0.125. The van der Waals surface area contributed by atoms with Gasteiger partial charge in [-0.25, -0.2) is 4.79 Å². The largest absolute Gasteiger partial charge is 0.456 e. The number of furan rings is 1. The zero-order chi connectivity index (χ0) is 26.2. The van der Waals surface area contributed by atoms with Gasteiger partial charge in [0, 0.05) is 16.7 Å². The zero-order valence-electron chi connectivity index (χ0n) is 21.9. The highest BCUT2D eigenvalue weighted by Gasteiger charge is 2.38. The van der Waals surface area contributed by atoms with Gasteiger partial charge in [0.25, 0.3) is 0 Å². The van der Waals surface area contributed by atoms with Crippen LogP contribution in [0.25, 0.3) is 21.9 Å². The smallest absolute Gasteiger partial charge is 0.342 e. The minimum atomic E-state index is -0.647. The molecule has 0 spiro atoms. The summed E-state index contributed by atoms with van der Waals surface area (Å²) in [5.41, 5.74) is 4.61. The number of fused-ring (bicyclic) bond motifs is 4. The summed E-state index contributed by atoms with van der Waals surface area (Å²) in [5, 5.41) is 1.82. The number of rotatable bonds is 6. The summed E-state index contributed by atoms with van der Waals surface area (Å²) in [6.07, 6.45) is 4.06. The van der Waals surface area contributed by atoms with E-state index < -0.39 is 12.2 Å². The van der Waals surface area contributed by atoms with E-state index in [-0.39, 0.29) is 11.8 Å². The van der Waals surface area contributed by atoms with Gasteiger partial charge in [0.15, 0.2) is 6.23 Å². The lowest BCUT2D eigenvalue weighted by Gasteiger charge is -2.37. The molecule has 38 heavy (non-hydrogen) atoms. The number of esters is 1. The molecule has 4 aromatic rings. The molecule has 1 aliphatic heterocycles. The SMILES string of the molecule is CC1CCC(C(=O)N2c3cc4c(cc3C(=O)OC2C)oc2ccc(COCCc3ccccc3)cc24)CC1. The van der Waals surface area contributed by atoms with E-state index in [2.05, 4.69) is 25.1 Å². The van der Waals surface area contributed by atoms with E-state index in [1.165, 1.54) is 5.56 Å². The Morgan fingerprint density at radius 3 is 2.47 bits per heavy atom. The number of carbonyl (C=O) groups is 2. The summed E-state index contributed by atoms with van der Waals surface area (Å²) in [6, 6.07) is 20.0. The Bertz CT molecular complexity index is 1480. The number of hydrogen-bond donors (Lipinski definition) is 0. The molecule has 6 nitrogen and oxygen atoms in total. The van der Waals surface area contributed by atoms with Crippen LogP contribution in [0.3, 0.4) is 0 Å². The second-order valence-corrected chi connectivity index (χ2v) is 10.8. The van der Waals surface area contributed by atoms with Gasteiger partial charge >= 0.3 is 5.97 Å². The molecule has 0 bridgehead atoms. The Hall–Kier alpha value is -3.64. The summed E-state index contributed by atoms with van der Waals surface area (Å²) in [7, 11) is 0. The average Bonchev–Trinajstić information content (AvgIpc) is 3.28.